The van der Waals surface area contributed by atoms with Crippen LogP contribution in [0.2, 0.25) is 0 Å². The maximum absolute atomic E-state index is 13.1. The smallest absolute Gasteiger partial charge is 0.407 e. The summed E-state index contributed by atoms with van der Waals surface area (Å²) in [4.78, 5) is 2.91. The fourth-order valence-corrected chi connectivity index (χ4v) is 2.91. The molecule has 8 heteroatoms. The van der Waals surface area contributed by atoms with E-state index in [0.29, 0.717) is 5.75 Å². The van der Waals surface area contributed by atoms with Gasteiger partial charge in [-0.15, -0.1) is 0 Å². The van der Waals surface area contributed by atoms with Gasteiger partial charge in [0.05, 0.1) is 25.3 Å². The van der Waals surface area contributed by atoms with Crippen molar-refractivity contribution in [3.8, 4) is 5.75 Å². The maximum atomic E-state index is 13.1. The number of anilines is 1. The molecule has 0 aliphatic carbocycles. The first-order valence-corrected chi connectivity index (χ1v) is 8.57. The molecule has 1 heterocycles. The van der Waals surface area contributed by atoms with Gasteiger partial charge in [0.15, 0.2) is 11.8 Å². The quantitative estimate of drug-likeness (QED) is 0.750. The van der Waals surface area contributed by atoms with Crippen LogP contribution in [0.3, 0.4) is 0 Å². The summed E-state index contributed by atoms with van der Waals surface area (Å²) in [6.45, 7) is 8.90. The van der Waals surface area contributed by atoms with Crippen molar-refractivity contribution < 1.29 is 27.8 Å². The Labute approximate surface area is 160 Å². The molecule has 1 aliphatic rings. The summed E-state index contributed by atoms with van der Waals surface area (Å²) >= 11 is 0. The summed E-state index contributed by atoms with van der Waals surface area (Å²) in [5.74, 6) is 0.570. The van der Waals surface area contributed by atoms with E-state index in [1.165, 1.54) is 6.07 Å². The summed E-state index contributed by atoms with van der Waals surface area (Å²) in [5.41, 5.74) is -1.69. The molecular formula is C20H19F3N2O3. The van der Waals surface area contributed by atoms with Crippen molar-refractivity contribution in [2.45, 2.75) is 24.8 Å². The number of halogens is 3. The Bertz CT molecular complexity index is 878. The highest BCUT2D eigenvalue weighted by molar-refractivity contribution is 5.61. The Balaban J connectivity index is 1.72. The molecule has 0 aromatic heterocycles. The molecule has 2 aromatic carbocycles. The van der Waals surface area contributed by atoms with Crippen LogP contribution < -0.4 is 10.1 Å². The standard InChI is InChI=1S/C20H19F3N2O3/c1-13-3-6-15(7-4-13)28-18-10-27-12-19(18,26)11-25-14-5-8-17(24-2)16(9-14)20(21,22)23/h3-9,18,25-26H,10-12H2,1H3. The second-order valence-electron chi connectivity index (χ2n) is 6.73. The van der Waals surface area contributed by atoms with Crippen LogP contribution in [0.15, 0.2) is 42.5 Å². The summed E-state index contributed by atoms with van der Waals surface area (Å²) in [5, 5.41) is 13.7. The first-order chi connectivity index (χ1) is 13.2. The number of nitrogens with one attached hydrogen (secondary N) is 1. The first-order valence-electron chi connectivity index (χ1n) is 8.57. The lowest BCUT2D eigenvalue weighted by molar-refractivity contribution is -0.136. The second-order valence-corrected chi connectivity index (χ2v) is 6.73. The van der Waals surface area contributed by atoms with Crippen LogP contribution >= 0.6 is 0 Å². The molecule has 148 valence electrons. The van der Waals surface area contributed by atoms with Gasteiger partial charge in [0.1, 0.15) is 11.4 Å². The lowest BCUT2D eigenvalue weighted by Crippen LogP contribution is -2.50. The average molecular weight is 392 g/mol. The normalized spacial score (nSPS) is 21.9. The third kappa shape index (κ3) is 4.38. The number of hydrogen-bond acceptors (Lipinski definition) is 4. The molecule has 0 radical (unpaired) electrons. The number of aryl methyl sites for hydroxylation is 1. The molecule has 5 nitrogen and oxygen atoms in total. The van der Waals surface area contributed by atoms with Crippen LogP contribution in [0.4, 0.5) is 24.5 Å². The zero-order valence-electron chi connectivity index (χ0n) is 15.1. The highest BCUT2D eigenvalue weighted by Crippen LogP contribution is 2.38. The van der Waals surface area contributed by atoms with E-state index in [1.807, 2.05) is 19.1 Å². The monoisotopic (exact) mass is 392 g/mol. The molecule has 1 aliphatic heterocycles. The van der Waals surface area contributed by atoms with Gasteiger partial charge in [0.25, 0.3) is 0 Å². The number of rotatable bonds is 5. The van der Waals surface area contributed by atoms with Crippen LogP contribution in [0, 0.1) is 13.5 Å². The number of alkyl halides is 3. The average Bonchev–Trinajstić information content (AvgIpc) is 3.02. The van der Waals surface area contributed by atoms with Gasteiger partial charge >= 0.3 is 6.18 Å². The van der Waals surface area contributed by atoms with Crippen LogP contribution in [0.5, 0.6) is 5.75 Å². The molecule has 3 rings (SSSR count). The summed E-state index contributed by atoms with van der Waals surface area (Å²) in [7, 11) is 0. The third-order valence-corrected chi connectivity index (χ3v) is 4.54. The zero-order valence-corrected chi connectivity index (χ0v) is 15.1. The Morgan fingerprint density at radius 2 is 2.00 bits per heavy atom. The van der Waals surface area contributed by atoms with E-state index in [4.69, 9.17) is 16.0 Å². The number of nitrogens with zero attached hydrogens (tertiary/aromatic N) is 1. The van der Waals surface area contributed by atoms with Crippen molar-refractivity contribution in [1.29, 1.82) is 0 Å². The van der Waals surface area contributed by atoms with Crippen LogP contribution in [-0.4, -0.2) is 36.6 Å². The Kier molecular flexibility index (Phi) is 5.49. The highest BCUT2D eigenvalue weighted by Gasteiger charge is 2.44. The van der Waals surface area contributed by atoms with Crippen molar-refractivity contribution >= 4 is 11.4 Å². The Morgan fingerprint density at radius 1 is 1.29 bits per heavy atom. The number of hydrogen-bond donors (Lipinski definition) is 2. The molecular weight excluding hydrogens is 373 g/mol. The maximum Gasteiger partial charge on any atom is 0.407 e. The van der Waals surface area contributed by atoms with Crippen LogP contribution in [0.25, 0.3) is 4.85 Å². The van der Waals surface area contributed by atoms with Gasteiger partial charge in [-0.25, -0.2) is 4.85 Å². The molecule has 0 bridgehead atoms. The fourth-order valence-electron chi connectivity index (χ4n) is 2.91. The third-order valence-electron chi connectivity index (χ3n) is 4.54. The molecule has 2 unspecified atom stereocenters. The minimum absolute atomic E-state index is 0.0111. The highest BCUT2D eigenvalue weighted by atomic mass is 19.4. The Morgan fingerprint density at radius 3 is 2.64 bits per heavy atom. The summed E-state index contributed by atoms with van der Waals surface area (Å²) in [6.07, 6.45) is -5.31. The fraction of sp³-hybridized carbons (Fsp3) is 0.350. The van der Waals surface area contributed by atoms with Gasteiger partial charge in [-0.05, 0) is 31.2 Å². The van der Waals surface area contributed by atoms with E-state index in [0.717, 1.165) is 17.7 Å². The van der Waals surface area contributed by atoms with Crippen molar-refractivity contribution in [3.05, 3.63) is 65.0 Å². The topological polar surface area (TPSA) is 55.1 Å². The minimum Gasteiger partial charge on any atom is -0.485 e. The SMILES string of the molecule is [C-]#[N+]c1ccc(NCC2(O)COCC2Oc2ccc(C)cc2)cc1C(F)(F)F. The van der Waals surface area contributed by atoms with E-state index in [-0.39, 0.29) is 25.4 Å². The van der Waals surface area contributed by atoms with Gasteiger partial charge in [-0.1, -0.05) is 23.8 Å². The summed E-state index contributed by atoms with van der Waals surface area (Å²) in [6, 6.07) is 10.6. The van der Waals surface area contributed by atoms with Gasteiger partial charge < -0.3 is 19.9 Å². The molecule has 1 fully saturated rings. The number of ether oxygens (including phenoxy) is 2. The molecule has 0 amide bonds. The molecule has 2 atom stereocenters. The molecule has 1 saturated heterocycles. The zero-order chi connectivity index (χ0) is 20.4. The predicted molar refractivity (Wildman–Crippen MR) is 97.6 cm³/mol. The van der Waals surface area contributed by atoms with Gasteiger partial charge in [-0.2, -0.15) is 13.2 Å². The predicted octanol–water partition coefficient (Wildman–Crippen LogP) is 4.19. The van der Waals surface area contributed by atoms with E-state index in [9.17, 15) is 18.3 Å². The second kappa shape index (κ2) is 7.70. The van der Waals surface area contributed by atoms with E-state index in [1.54, 1.807) is 12.1 Å². The molecule has 28 heavy (non-hydrogen) atoms. The van der Waals surface area contributed by atoms with Gasteiger partial charge in [-0.3, -0.25) is 0 Å². The largest absolute Gasteiger partial charge is 0.485 e. The van der Waals surface area contributed by atoms with E-state index >= 15 is 0 Å². The number of aliphatic hydroxyl groups is 1. The van der Waals surface area contributed by atoms with Crippen molar-refractivity contribution in [1.82, 2.24) is 0 Å². The molecule has 2 aromatic rings. The minimum atomic E-state index is -4.64. The van der Waals surface area contributed by atoms with Crippen molar-refractivity contribution in [3.63, 3.8) is 0 Å². The number of benzene rings is 2. The lowest BCUT2D eigenvalue weighted by atomic mass is 10.00. The van der Waals surface area contributed by atoms with Crippen molar-refractivity contribution in [2.75, 3.05) is 25.1 Å². The van der Waals surface area contributed by atoms with E-state index in [2.05, 4.69) is 10.2 Å². The van der Waals surface area contributed by atoms with Crippen molar-refractivity contribution in [2.24, 2.45) is 0 Å². The Hall–Kier alpha value is -2.76. The van der Waals surface area contributed by atoms with Crippen LogP contribution in [-0.2, 0) is 10.9 Å². The summed E-state index contributed by atoms with van der Waals surface area (Å²) < 4.78 is 50.5. The van der Waals surface area contributed by atoms with Gasteiger partial charge in [0, 0.05) is 12.2 Å². The van der Waals surface area contributed by atoms with Gasteiger partial charge in [0.2, 0.25) is 0 Å². The van der Waals surface area contributed by atoms with E-state index < -0.39 is 29.1 Å². The molecule has 0 spiro atoms. The molecule has 0 saturated carbocycles. The first kappa shape index (κ1) is 20.0. The molecule has 2 N–H and O–H groups in total. The lowest BCUT2D eigenvalue weighted by Gasteiger charge is -2.29. The van der Waals surface area contributed by atoms with Crippen LogP contribution in [0.1, 0.15) is 11.1 Å².